The number of halogens is 2. The first kappa shape index (κ1) is 14.5. The molecule has 0 amide bonds. The molecular weight excluding hydrogens is 292 g/mol. The average molecular weight is 299 g/mol. The lowest BCUT2D eigenvalue weighted by Crippen LogP contribution is -1.98. The van der Waals surface area contributed by atoms with Crippen LogP contribution in [0.4, 0.5) is 14.5 Å². The van der Waals surface area contributed by atoms with Gasteiger partial charge in [0.1, 0.15) is 11.4 Å². The molecule has 0 saturated heterocycles. The molecule has 0 saturated carbocycles. The highest BCUT2D eigenvalue weighted by atomic mass is 19.1. The minimum Gasteiger partial charge on any atom is -0.481 e. The van der Waals surface area contributed by atoms with Crippen LogP contribution in [-0.4, -0.2) is 26.2 Å². The van der Waals surface area contributed by atoms with Crippen LogP contribution >= 0.6 is 0 Å². The van der Waals surface area contributed by atoms with Crippen molar-refractivity contribution < 1.29 is 28.0 Å². The van der Waals surface area contributed by atoms with Gasteiger partial charge < -0.3 is 9.52 Å². The molecule has 2 rings (SSSR count). The van der Waals surface area contributed by atoms with Crippen LogP contribution in [0.3, 0.4) is 0 Å². The van der Waals surface area contributed by atoms with Crippen molar-refractivity contribution in [3.05, 3.63) is 39.8 Å². The fourth-order valence-corrected chi connectivity index (χ4v) is 1.55. The molecule has 0 unspecified atom stereocenters. The van der Waals surface area contributed by atoms with Crippen molar-refractivity contribution in [3.63, 3.8) is 0 Å². The Morgan fingerprint density at radius 3 is 2.71 bits per heavy atom. The van der Waals surface area contributed by atoms with Gasteiger partial charge in [-0.15, -0.1) is 10.2 Å². The fourth-order valence-electron chi connectivity index (χ4n) is 1.55. The number of carboxylic acids is 1. The zero-order valence-corrected chi connectivity index (χ0v) is 10.2. The van der Waals surface area contributed by atoms with Gasteiger partial charge in [-0.3, -0.25) is 14.9 Å². The molecule has 21 heavy (non-hydrogen) atoms. The van der Waals surface area contributed by atoms with E-state index in [4.69, 9.17) is 9.52 Å². The van der Waals surface area contributed by atoms with Crippen molar-refractivity contribution in [3.8, 4) is 11.5 Å². The molecule has 0 aliphatic rings. The normalized spacial score (nSPS) is 10.6. The molecule has 0 aliphatic heterocycles. The second kappa shape index (κ2) is 5.61. The molecule has 8 nitrogen and oxygen atoms in total. The first-order valence-corrected chi connectivity index (χ1v) is 5.57. The van der Waals surface area contributed by atoms with E-state index < -0.39 is 39.7 Å². The van der Waals surface area contributed by atoms with Crippen LogP contribution in [0.5, 0.6) is 0 Å². The van der Waals surface area contributed by atoms with Gasteiger partial charge >= 0.3 is 11.7 Å². The summed E-state index contributed by atoms with van der Waals surface area (Å²) >= 11 is 0. The van der Waals surface area contributed by atoms with Gasteiger partial charge in [-0.1, -0.05) is 0 Å². The summed E-state index contributed by atoms with van der Waals surface area (Å²) in [5.74, 6) is -4.38. The second-order valence-electron chi connectivity index (χ2n) is 3.91. The minimum atomic E-state index is -1.44. The van der Waals surface area contributed by atoms with Crippen molar-refractivity contribution in [1.29, 1.82) is 0 Å². The molecule has 110 valence electrons. The molecule has 0 aliphatic carbocycles. The lowest BCUT2D eigenvalue weighted by atomic mass is 10.1. The first-order chi connectivity index (χ1) is 9.90. The monoisotopic (exact) mass is 299 g/mol. The summed E-state index contributed by atoms with van der Waals surface area (Å²) in [5, 5.41) is 25.9. The SMILES string of the molecule is O=C(O)CCc1nnc(-c2c(F)ccc([N+](=O)[O-])c2F)o1. The Balaban J connectivity index is 2.40. The molecule has 2 aromatic rings. The number of carboxylic acid groups (broad SMARTS) is 1. The van der Waals surface area contributed by atoms with Gasteiger partial charge in [0, 0.05) is 12.5 Å². The van der Waals surface area contributed by atoms with Crippen LogP contribution in [0, 0.1) is 21.7 Å². The van der Waals surface area contributed by atoms with E-state index in [0.29, 0.717) is 12.1 Å². The summed E-state index contributed by atoms with van der Waals surface area (Å²) in [6.07, 6.45) is -0.429. The van der Waals surface area contributed by atoms with Gasteiger partial charge in [-0.2, -0.15) is 4.39 Å². The minimum absolute atomic E-state index is 0.125. The van der Waals surface area contributed by atoms with E-state index in [0.717, 1.165) is 0 Å². The van der Waals surface area contributed by atoms with Gasteiger partial charge in [-0.25, -0.2) is 4.39 Å². The number of aliphatic carboxylic acids is 1. The lowest BCUT2D eigenvalue weighted by Gasteiger charge is -2.00. The largest absolute Gasteiger partial charge is 0.481 e. The Kier molecular flexibility index (Phi) is 3.87. The van der Waals surface area contributed by atoms with Crippen LogP contribution in [-0.2, 0) is 11.2 Å². The number of aromatic nitrogens is 2. The highest BCUT2D eigenvalue weighted by Crippen LogP contribution is 2.30. The molecule has 1 aromatic carbocycles. The van der Waals surface area contributed by atoms with E-state index in [1.807, 2.05) is 0 Å². The van der Waals surface area contributed by atoms with Crippen molar-refractivity contribution in [2.75, 3.05) is 0 Å². The smallest absolute Gasteiger partial charge is 0.305 e. The van der Waals surface area contributed by atoms with E-state index in [9.17, 15) is 23.7 Å². The van der Waals surface area contributed by atoms with E-state index in [1.165, 1.54) is 0 Å². The maximum Gasteiger partial charge on any atom is 0.305 e. The van der Waals surface area contributed by atoms with Crippen LogP contribution in [0.15, 0.2) is 16.5 Å². The number of aryl methyl sites for hydroxylation is 1. The standard InChI is InChI=1S/C11H7F2N3O5/c12-5-1-2-6(16(19)20)10(13)9(5)11-15-14-7(21-11)3-4-8(17)18/h1-2H,3-4H2,(H,17,18). The quantitative estimate of drug-likeness (QED) is 0.661. The summed E-state index contributed by atoms with van der Waals surface area (Å²) in [4.78, 5) is 20.0. The Morgan fingerprint density at radius 1 is 1.38 bits per heavy atom. The number of nitro groups is 1. The van der Waals surface area contributed by atoms with E-state index in [-0.39, 0.29) is 18.7 Å². The Hall–Kier alpha value is -2.91. The zero-order chi connectivity index (χ0) is 15.6. The fraction of sp³-hybridized carbons (Fsp3) is 0.182. The Bertz CT molecular complexity index is 716. The molecule has 1 aromatic heterocycles. The third kappa shape index (κ3) is 2.99. The number of carbonyl (C=O) groups is 1. The summed E-state index contributed by atoms with van der Waals surface area (Å²) in [5.41, 5.74) is -1.75. The van der Waals surface area contributed by atoms with Crippen molar-refractivity contribution in [2.24, 2.45) is 0 Å². The van der Waals surface area contributed by atoms with Gasteiger partial charge in [0.2, 0.25) is 11.7 Å². The summed E-state index contributed by atoms with van der Waals surface area (Å²) in [7, 11) is 0. The van der Waals surface area contributed by atoms with Gasteiger partial charge in [0.05, 0.1) is 11.3 Å². The number of hydrogen-bond donors (Lipinski definition) is 1. The van der Waals surface area contributed by atoms with Crippen LogP contribution in [0.2, 0.25) is 0 Å². The molecular formula is C11H7F2N3O5. The van der Waals surface area contributed by atoms with Crippen molar-refractivity contribution in [2.45, 2.75) is 12.8 Å². The number of nitrogens with zero attached hydrogens (tertiary/aromatic N) is 3. The first-order valence-electron chi connectivity index (χ1n) is 5.57. The molecule has 1 N–H and O–H groups in total. The maximum atomic E-state index is 13.9. The molecule has 0 spiro atoms. The lowest BCUT2D eigenvalue weighted by molar-refractivity contribution is -0.387. The zero-order valence-electron chi connectivity index (χ0n) is 10.2. The second-order valence-corrected chi connectivity index (χ2v) is 3.91. The Labute approximate surface area is 115 Å². The highest BCUT2D eigenvalue weighted by Gasteiger charge is 2.26. The number of hydrogen-bond acceptors (Lipinski definition) is 6. The van der Waals surface area contributed by atoms with Gasteiger partial charge in [0.15, 0.2) is 0 Å². The van der Waals surface area contributed by atoms with Crippen LogP contribution < -0.4 is 0 Å². The topological polar surface area (TPSA) is 119 Å². The third-order valence-corrected chi connectivity index (χ3v) is 2.50. The summed E-state index contributed by atoms with van der Waals surface area (Å²) < 4.78 is 32.4. The van der Waals surface area contributed by atoms with Crippen molar-refractivity contribution in [1.82, 2.24) is 10.2 Å². The average Bonchev–Trinajstić information content (AvgIpc) is 2.84. The van der Waals surface area contributed by atoms with Gasteiger partial charge in [0.25, 0.3) is 5.89 Å². The predicted molar refractivity (Wildman–Crippen MR) is 62.3 cm³/mol. The number of nitro benzene ring substituents is 1. The summed E-state index contributed by atoms with van der Waals surface area (Å²) in [6.45, 7) is 0. The van der Waals surface area contributed by atoms with E-state index in [2.05, 4.69) is 10.2 Å². The van der Waals surface area contributed by atoms with E-state index >= 15 is 0 Å². The van der Waals surface area contributed by atoms with E-state index in [1.54, 1.807) is 0 Å². The molecule has 0 atom stereocenters. The predicted octanol–water partition coefficient (Wildman–Crippen LogP) is 1.94. The highest BCUT2D eigenvalue weighted by molar-refractivity contribution is 5.66. The molecule has 0 radical (unpaired) electrons. The summed E-state index contributed by atoms with van der Waals surface area (Å²) in [6, 6.07) is 1.38. The van der Waals surface area contributed by atoms with Gasteiger partial charge in [-0.05, 0) is 6.07 Å². The number of benzene rings is 1. The maximum absolute atomic E-state index is 13.9. The van der Waals surface area contributed by atoms with Crippen LogP contribution in [0.1, 0.15) is 12.3 Å². The van der Waals surface area contributed by atoms with Crippen molar-refractivity contribution >= 4 is 11.7 Å². The molecule has 0 bridgehead atoms. The Morgan fingerprint density at radius 2 is 2.10 bits per heavy atom. The molecule has 1 heterocycles. The number of rotatable bonds is 5. The molecule has 0 fully saturated rings. The van der Waals surface area contributed by atoms with Crippen LogP contribution in [0.25, 0.3) is 11.5 Å². The molecule has 10 heteroatoms. The third-order valence-electron chi connectivity index (χ3n) is 2.50.